The van der Waals surface area contributed by atoms with Crippen molar-refractivity contribution < 1.29 is 18.3 Å². The highest BCUT2D eigenvalue weighted by atomic mass is 32.2. The normalized spacial score (nSPS) is 11.6. The van der Waals surface area contributed by atoms with Crippen LogP contribution in [0.25, 0.3) is 0 Å². The number of sulfonamides is 1. The molecule has 102 valence electrons. The number of nitrogens with zero attached hydrogens (tertiary/aromatic N) is 1. The molecule has 1 aromatic heterocycles. The average Bonchev–Trinajstić information content (AvgIpc) is 2.81. The number of aliphatic carboxylic acids is 1. The van der Waals surface area contributed by atoms with E-state index in [0.29, 0.717) is 19.4 Å². The van der Waals surface area contributed by atoms with Gasteiger partial charge in [-0.25, -0.2) is 13.1 Å². The van der Waals surface area contributed by atoms with Gasteiger partial charge in [0.05, 0.1) is 6.20 Å². The summed E-state index contributed by atoms with van der Waals surface area (Å²) in [7, 11) is -3.46. The number of aromatic nitrogens is 2. The number of carboxylic acid groups (broad SMARTS) is 1. The molecule has 0 unspecified atom stereocenters. The van der Waals surface area contributed by atoms with E-state index in [1.54, 1.807) is 0 Å². The molecule has 0 fully saturated rings. The molecule has 3 N–H and O–H groups in total. The van der Waals surface area contributed by atoms with Crippen molar-refractivity contribution in [1.29, 1.82) is 0 Å². The second-order valence-electron chi connectivity index (χ2n) is 3.89. The molecule has 0 atom stereocenters. The van der Waals surface area contributed by atoms with E-state index in [0.717, 1.165) is 12.8 Å². The topological polar surface area (TPSA) is 112 Å². The third kappa shape index (κ3) is 5.28. The lowest BCUT2D eigenvalue weighted by Gasteiger charge is -2.04. The second-order valence-corrected chi connectivity index (χ2v) is 5.66. The molecule has 1 heterocycles. The van der Waals surface area contributed by atoms with E-state index in [2.05, 4.69) is 14.9 Å². The predicted molar refractivity (Wildman–Crippen MR) is 64.5 cm³/mol. The molecule has 0 aromatic carbocycles. The standard InChI is InChI=1S/C10H17N3O4S/c14-10(15)5-3-1-2-4-6-13-18(16,17)9-7-11-12-8-9/h7-8,13H,1-6H2,(H,11,12)(H,14,15). The lowest BCUT2D eigenvalue weighted by atomic mass is 10.1. The van der Waals surface area contributed by atoms with Gasteiger partial charge in [-0.15, -0.1) is 0 Å². The van der Waals surface area contributed by atoms with Crippen LogP contribution in [0.2, 0.25) is 0 Å². The fourth-order valence-corrected chi connectivity index (χ4v) is 2.41. The fraction of sp³-hybridized carbons (Fsp3) is 0.600. The molecule has 0 radical (unpaired) electrons. The Kier molecular flexibility index (Phi) is 5.79. The molecule has 0 aliphatic rings. The van der Waals surface area contributed by atoms with E-state index in [4.69, 9.17) is 5.11 Å². The number of nitrogens with one attached hydrogen (secondary N) is 2. The Balaban J connectivity index is 2.13. The molecule has 7 nitrogen and oxygen atoms in total. The Hall–Kier alpha value is -1.41. The van der Waals surface area contributed by atoms with E-state index in [1.807, 2.05) is 0 Å². The summed E-state index contributed by atoms with van der Waals surface area (Å²) < 4.78 is 25.7. The smallest absolute Gasteiger partial charge is 0.303 e. The number of aromatic amines is 1. The van der Waals surface area contributed by atoms with Crippen molar-refractivity contribution in [3.63, 3.8) is 0 Å². The van der Waals surface area contributed by atoms with Gasteiger partial charge in [0.25, 0.3) is 0 Å². The zero-order valence-corrected chi connectivity index (χ0v) is 10.7. The Bertz CT molecular complexity index is 455. The van der Waals surface area contributed by atoms with Crippen molar-refractivity contribution in [2.75, 3.05) is 6.54 Å². The van der Waals surface area contributed by atoms with E-state index in [9.17, 15) is 13.2 Å². The van der Waals surface area contributed by atoms with Crippen LogP contribution in [0.4, 0.5) is 0 Å². The first-order valence-electron chi connectivity index (χ1n) is 5.72. The molecule has 0 aliphatic carbocycles. The zero-order valence-electron chi connectivity index (χ0n) is 9.92. The summed E-state index contributed by atoms with van der Waals surface area (Å²) in [5.41, 5.74) is 0. The van der Waals surface area contributed by atoms with E-state index >= 15 is 0 Å². The number of hydrogen-bond acceptors (Lipinski definition) is 4. The third-order valence-electron chi connectivity index (χ3n) is 2.39. The van der Waals surface area contributed by atoms with Gasteiger partial charge < -0.3 is 5.11 Å². The predicted octanol–water partition coefficient (Wildman–Crippen LogP) is 0.723. The Labute approximate surface area is 106 Å². The van der Waals surface area contributed by atoms with E-state index < -0.39 is 16.0 Å². The minimum atomic E-state index is -3.46. The van der Waals surface area contributed by atoms with Gasteiger partial charge in [0.2, 0.25) is 10.0 Å². The molecule has 0 saturated carbocycles. The molecule has 0 amide bonds. The van der Waals surface area contributed by atoms with Gasteiger partial charge in [-0.3, -0.25) is 9.89 Å². The quantitative estimate of drug-likeness (QED) is 0.575. The van der Waals surface area contributed by atoms with Crippen LogP contribution in [0.1, 0.15) is 32.1 Å². The summed E-state index contributed by atoms with van der Waals surface area (Å²) in [5, 5.41) is 14.4. The molecular formula is C10H17N3O4S. The number of hydrogen-bond donors (Lipinski definition) is 3. The van der Waals surface area contributed by atoms with Crippen molar-refractivity contribution in [2.24, 2.45) is 0 Å². The number of unbranched alkanes of at least 4 members (excludes halogenated alkanes) is 3. The lowest BCUT2D eigenvalue weighted by molar-refractivity contribution is -0.137. The van der Waals surface area contributed by atoms with Crippen LogP contribution in [0.15, 0.2) is 17.3 Å². The van der Waals surface area contributed by atoms with Crippen LogP contribution in [-0.2, 0) is 14.8 Å². The summed E-state index contributed by atoms with van der Waals surface area (Å²) in [6, 6.07) is 0. The Morgan fingerprint density at radius 1 is 1.33 bits per heavy atom. The van der Waals surface area contributed by atoms with Gasteiger partial charge in [-0.05, 0) is 12.8 Å². The van der Waals surface area contributed by atoms with Gasteiger partial charge in [-0.2, -0.15) is 5.10 Å². The van der Waals surface area contributed by atoms with Gasteiger partial charge in [0.1, 0.15) is 4.90 Å². The van der Waals surface area contributed by atoms with Crippen LogP contribution in [0.3, 0.4) is 0 Å². The molecule has 0 saturated heterocycles. The highest BCUT2D eigenvalue weighted by Gasteiger charge is 2.13. The summed E-state index contributed by atoms with van der Waals surface area (Å²) >= 11 is 0. The zero-order chi connectivity index (χ0) is 13.4. The van der Waals surface area contributed by atoms with Crippen LogP contribution < -0.4 is 4.72 Å². The van der Waals surface area contributed by atoms with Crippen molar-refractivity contribution in [3.8, 4) is 0 Å². The number of H-pyrrole nitrogens is 1. The van der Waals surface area contributed by atoms with Crippen molar-refractivity contribution in [2.45, 2.75) is 37.0 Å². The Morgan fingerprint density at radius 3 is 2.67 bits per heavy atom. The highest BCUT2D eigenvalue weighted by molar-refractivity contribution is 7.89. The molecule has 0 bridgehead atoms. The molecule has 0 aliphatic heterocycles. The molecule has 1 aromatic rings. The van der Waals surface area contributed by atoms with Crippen molar-refractivity contribution >= 4 is 16.0 Å². The van der Waals surface area contributed by atoms with E-state index in [-0.39, 0.29) is 11.3 Å². The van der Waals surface area contributed by atoms with E-state index in [1.165, 1.54) is 12.4 Å². The minimum Gasteiger partial charge on any atom is -0.481 e. The number of carboxylic acids is 1. The maximum Gasteiger partial charge on any atom is 0.303 e. The SMILES string of the molecule is O=C(O)CCCCCCNS(=O)(=O)c1cn[nH]c1. The maximum absolute atomic E-state index is 11.6. The largest absolute Gasteiger partial charge is 0.481 e. The summed E-state index contributed by atoms with van der Waals surface area (Å²) in [6.45, 7) is 0.348. The summed E-state index contributed by atoms with van der Waals surface area (Å²) in [6.07, 6.45) is 5.65. The summed E-state index contributed by atoms with van der Waals surface area (Å²) in [5.74, 6) is -0.796. The maximum atomic E-state index is 11.6. The monoisotopic (exact) mass is 275 g/mol. The first-order chi connectivity index (χ1) is 8.52. The van der Waals surface area contributed by atoms with Crippen LogP contribution in [0.5, 0.6) is 0 Å². The lowest BCUT2D eigenvalue weighted by Crippen LogP contribution is -2.24. The Morgan fingerprint density at radius 2 is 2.06 bits per heavy atom. The minimum absolute atomic E-state index is 0.119. The van der Waals surface area contributed by atoms with Crippen LogP contribution >= 0.6 is 0 Å². The van der Waals surface area contributed by atoms with Gasteiger partial charge in [-0.1, -0.05) is 12.8 Å². The molecule has 8 heteroatoms. The molecule has 0 spiro atoms. The molecule has 18 heavy (non-hydrogen) atoms. The first kappa shape index (κ1) is 14.7. The second kappa shape index (κ2) is 7.12. The van der Waals surface area contributed by atoms with Crippen molar-refractivity contribution in [3.05, 3.63) is 12.4 Å². The molecular weight excluding hydrogens is 258 g/mol. The van der Waals surface area contributed by atoms with Gasteiger partial charge >= 0.3 is 5.97 Å². The van der Waals surface area contributed by atoms with Crippen molar-refractivity contribution in [1.82, 2.24) is 14.9 Å². The highest BCUT2D eigenvalue weighted by Crippen LogP contribution is 2.06. The number of carbonyl (C=O) groups is 1. The third-order valence-corrected chi connectivity index (χ3v) is 3.82. The van der Waals surface area contributed by atoms with Gasteiger partial charge in [0, 0.05) is 19.2 Å². The summed E-state index contributed by atoms with van der Waals surface area (Å²) in [4.78, 5) is 10.4. The number of rotatable bonds is 9. The fourth-order valence-electron chi connectivity index (χ4n) is 1.43. The first-order valence-corrected chi connectivity index (χ1v) is 7.21. The molecule has 1 rings (SSSR count). The van der Waals surface area contributed by atoms with Crippen LogP contribution in [-0.4, -0.2) is 36.2 Å². The van der Waals surface area contributed by atoms with Crippen LogP contribution in [0, 0.1) is 0 Å². The van der Waals surface area contributed by atoms with Gasteiger partial charge in [0.15, 0.2) is 0 Å². The average molecular weight is 275 g/mol.